The molecule has 3 rings (SSSR count). The topological polar surface area (TPSA) is 121 Å². The predicted octanol–water partition coefficient (Wildman–Crippen LogP) is 2.65. The molecule has 0 amide bonds. The van der Waals surface area contributed by atoms with E-state index in [1.54, 1.807) is 32.1 Å². The zero-order valence-corrected chi connectivity index (χ0v) is 21.7. The summed E-state index contributed by atoms with van der Waals surface area (Å²) in [6, 6.07) is -0.304. The number of rotatable bonds is 2. The number of epoxide rings is 1. The molecule has 2 aliphatic rings. The van der Waals surface area contributed by atoms with Crippen molar-refractivity contribution in [3.05, 3.63) is 21.7 Å². The number of carbonyl (C=O) groups is 2. The highest BCUT2D eigenvalue weighted by Crippen LogP contribution is 2.34. The van der Waals surface area contributed by atoms with Gasteiger partial charge in [0.15, 0.2) is 0 Å². The highest BCUT2D eigenvalue weighted by Gasteiger charge is 2.44. The molecule has 34 heavy (non-hydrogen) atoms. The van der Waals surface area contributed by atoms with Crippen LogP contribution in [0, 0.1) is 18.3 Å². The Bertz CT molecular complexity index is 913. The molecule has 190 valence electrons. The molecule has 0 spiro atoms. The standard InChI is InChI=1S/C25H38N2O6S/c1-13(9-17-12-34-16(4)27-17)19-10-20-18(32-20)7-8-26-15(3)23(30)14(2)24(31)25(5,6)21(28)11-22(29)33-19/h9,12,14-15,18-21,23,26,28,30H,7-8,10-11H2,1-6H3/b13-9+/t14-,15+,18-,19+,20-,21+,23+/m0/s1. The summed E-state index contributed by atoms with van der Waals surface area (Å²) in [5.41, 5.74) is 0.440. The second-order valence-electron chi connectivity index (χ2n) is 10.2. The fourth-order valence-electron chi connectivity index (χ4n) is 4.48. The first kappa shape index (κ1) is 26.9. The number of esters is 1. The number of hydrogen-bond acceptors (Lipinski definition) is 9. The Balaban J connectivity index is 1.81. The number of carbonyl (C=O) groups excluding carboxylic acids is 2. The highest BCUT2D eigenvalue weighted by molar-refractivity contribution is 7.09. The number of Topliss-reactive ketones (excluding diaryl/α,β-unsaturated/α-hetero) is 1. The zero-order valence-electron chi connectivity index (χ0n) is 20.9. The molecular formula is C25H38N2O6S. The van der Waals surface area contributed by atoms with Crippen LogP contribution in [0.2, 0.25) is 0 Å². The van der Waals surface area contributed by atoms with Gasteiger partial charge >= 0.3 is 5.97 Å². The number of ether oxygens (including phenoxy) is 2. The number of fused-ring (bicyclic) bond motifs is 1. The third-order valence-electron chi connectivity index (χ3n) is 7.09. The van der Waals surface area contributed by atoms with E-state index in [0.29, 0.717) is 13.0 Å². The van der Waals surface area contributed by atoms with Crippen molar-refractivity contribution in [2.45, 2.75) is 97.4 Å². The molecule has 0 unspecified atom stereocenters. The average Bonchev–Trinajstić information content (AvgIpc) is 3.38. The van der Waals surface area contributed by atoms with Gasteiger partial charge in [0.2, 0.25) is 0 Å². The smallest absolute Gasteiger partial charge is 0.309 e. The molecule has 1 aromatic rings. The fraction of sp³-hybridized carbons (Fsp3) is 0.720. The molecule has 3 heterocycles. The Morgan fingerprint density at radius 3 is 2.62 bits per heavy atom. The van der Waals surface area contributed by atoms with Crippen molar-refractivity contribution in [3.63, 3.8) is 0 Å². The van der Waals surface area contributed by atoms with Crippen LogP contribution in [0.1, 0.15) is 64.6 Å². The molecule has 1 aromatic heterocycles. The molecule has 9 heteroatoms. The molecule has 8 nitrogen and oxygen atoms in total. The van der Waals surface area contributed by atoms with E-state index >= 15 is 0 Å². The minimum Gasteiger partial charge on any atom is -0.458 e. The summed E-state index contributed by atoms with van der Waals surface area (Å²) in [4.78, 5) is 30.4. The number of aromatic nitrogens is 1. The number of ketones is 1. The Morgan fingerprint density at radius 2 is 1.97 bits per heavy atom. The first-order chi connectivity index (χ1) is 15.9. The Morgan fingerprint density at radius 1 is 1.26 bits per heavy atom. The maximum Gasteiger partial charge on any atom is 0.309 e. The van der Waals surface area contributed by atoms with Crippen LogP contribution in [-0.4, -0.2) is 70.1 Å². The van der Waals surface area contributed by atoms with Gasteiger partial charge in [0.1, 0.15) is 11.9 Å². The van der Waals surface area contributed by atoms with Gasteiger partial charge in [-0.2, -0.15) is 0 Å². The van der Waals surface area contributed by atoms with Crippen LogP contribution in [0.25, 0.3) is 6.08 Å². The van der Waals surface area contributed by atoms with Crippen molar-refractivity contribution in [2.24, 2.45) is 11.3 Å². The molecule has 0 saturated carbocycles. The fourth-order valence-corrected chi connectivity index (χ4v) is 5.05. The summed E-state index contributed by atoms with van der Waals surface area (Å²) < 4.78 is 11.6. The van der Waals surface area contributed by atoms with E-state index in [4.69, 9.17) is 9.47 Å². The maximum atomic E-state index is 13.1. The third-order valence-corrected chi connectivity index (χ3v) is 7.88. The van der Waals surface area contributed by atoms with E-state index < -0.39 is 35.6 Å². The molecule has 2 saturated heterocycles. The Hall–Kier alpha value is -1.65. The number of thiazole rings is 1. The third kappa shape index (κ3) is 6.51. The average molecular weight is 495 g/mol. The lowest BCUT2D eigenvalue weighted by molar-refractivity contribution is -0.154. The van der Waals surface area contributed by atoms with Gasteiger partial charge in [-0.3, -0.25) is 9.59 Å². The maximum absolute atomic E-state index is 13.1. The largest absolute Gasteiger partial charge is 0.458 e. The van der Waals surface area contributed by atoms with Crippen molar-refractivity contribution in [1.29, 1.82) is 0 Å². The van der Waals surface area contributed by atoms with Gasteiger partial charge in [-0.15, -0.1) is 11.3 Å². The monoisotopic (exact) mass is 494 g/mol. The van der Waals surface area contributed by atoms with E-state index in [1.807, 2.05) is 32.2 Å². The van der Waals surface area contributed by atoms with E-state index in [-0.39, 0.29) is 30.5 Å². The van der Waals surface area contributed by atoms with Crippen LogP contribution in [0.15, 0.2) is 11.0 Å². The molecule has 0 aromatic carbocycles. The van der Waals surface area contributed by atoms with E-state index in [0.717, 1.165) is 22.7 Å². The van der Waals surface area contributed by atoms with E-state index in [2.05, 4.69) is 10.3 Å². The SMILES string of the molecule is C/C(=C\c1csc(C)n1)[C@H]1C[C@@H]2O[C@H]2CCN[C@H](C)[C@H](O)[C@H](C)C(=O)C(C)(C)[C@H](O)CC(=O)O1. The number of nitrogens with one attached hydrogen (secondary N) is 1. The summed E-state index contributed by atoms with van der Waals surface area (Å²) in [5.74, 6) is -1.58. The lowest BCUT2D eigenvalue weighted by Crippen LogP contribution is -2.49. The molecule has 0 bridgehead atoms. The predicted molar refractivity (Wildman–Crippen MR) is 130 cm³/mol. The lowest BCUT2D eigenvalue weighted by atomic mass is 9.74. The van der Waals surface area contributed by atoms with Crippen LogP contribution in [0.3, 0.4) is 0 Å². The van der Waals surface area contributed by atoms with Gasteiger partial charge in [0.05, 0.1) is 47.0 Å². The minimum atomic E-state index is -1.24. The molecule has 2 fully saturated rings. The van der Waals surface area contributed by atoms with Crippen molar-refractivity contribution < 1.29 is 29.3 Å². The number of cyclic esters (lactones) is 1. The van der Waals surface area contributed by atoms with Crippen molar-refractivity contribution in [2.75, 3.05) is 6.54 Å². The first-order valence-corrected chi connectivity index (χ1v) is 12.9. The lowest BCUT2D eigenvalue weighted by Gasteiger charge is -2.34. The first-order valence-electron chi connectivity index (χ1n) is 12.0. The highest BCUT2D eigenvalue weighted by atomic mass is 32.1. The van der Waals surface area contributed by atoms with Crippen molar-refractivity contribution in [1.82, 2.24) is 10.3 Å². The molecule has 7 atom stereocenters. The normalized spacial score (nSPS) is 36.0. The summed E-state index contributed by atoms with van der Waals surface area (Å²) in [7, 11) is 0. The number of aliphatic hydroxyl groups excluding tert-OH is 2. The Kier molecular flexibility index (Phi) is 8.68. The molecule has 2 aliphatic heterocycles. The summed E-state index contributed by atoms with van der Waals surface area (Å²) >= 11 is 1.55. The van der Waals surface area contributed by atoms with Gasteiger partial charge in [0.25, 0.3) is 0 Å². The van der Waals surface area contributed by atoms with Crippen LogP contribution in [0.5, 0.6) is 0 Å². The zero-order chi connectivity index (χ0) is 25.2. The van der Waals surface area contributed by atoms with Gasteiger partial charge < -0.3 is 25.0 Å². The van der Waals surface area contributed by atoms with Crippen LogP contribution in [-0.2, 0) is 19.1 Å². The number of hydrogen-bond donors (Lipinski definition) is 3. The van der Waals surface area contributed by atoms with Gasteiger partial charge in [-0.1, -0.05) is 20.8 Å². The minimum absolute atomic E-state index is 0.0323. The molecule has 3 N–H and O–H groups in total. The van der Waals surface area contributed by atoms with E-state index in [9.17, 15) is 19.8 Å². The quantitative estimate of drug-likeness (QED) is 0.424. The number of nitrogens with zero attached hydrogens (tertiary/aromatic N) is 1. The van der Waals surface area contributed by atoms with Crippen molar-refractivity contribution in [3.8, 4) is 0 Å². The van der Waals surface area contributed by atoms with Gasteiger partial charge in [0, 0.05) is 23.8 Å². The number of aliphatic hydroxyl groups is 2. The molecule has 0 radical (unpaired) electrons. The second kappa shape index (κ2) is 11.0. The van der Waals surface area contributed by atoms with Gasteiger partial charge in [-0.05, 0) is 45.4 Å². The van der Waals surface area contributed by atoms with E-state index in [1.165, 1.54) is 0 Å². The van der Waals surface area contributed by atoms with Gasteiger partial charge in [-0.25, -0.2) is 4.98 Å². The number of aryl methyl sites for hydroxylation is 1. The molecule has 0 aliphatic carbocycles. The summed E-state index contributed by atoms with van der Waals surface area (Å²) in [6.45, 7) is 11.2. The summed E-state index contributed by atoms with van der Waals surface area (Å²) in [6.07, 6.45) is 0.195. The van der Waals surface area contributed by atoms with Crippen LogP contribution < -0.4 is 5.32 Å². The summed E-state index contributed by atoms with van der Waals surface area (Å²) in [5, 5.41) is 27.7. The molecular weight excluding hydrogens is 456 g/mol. The van der Waals surface area contributed by atoms with Crippen LogP contribution in [0.4, 0.5) is 0 Å². The Labute approximate surface area is 205 Å². The second-order valence-corrected chi connectivity index (χ2v) is 11.3. The van der Waals surface area contributed by atoms with Crippen molar-refractivity contribution >= 4 is 29.2 Å². The van der Waals surface area contributed by atoms with Crippen LogP contribution >= 0.6 is 11.3 Å².